The molecule has 1 N–H and O–H groups in total. The molecule has 0 bridgehead atoms. The van der Waals surface area contributed by atoms with E-state index in [-0.39, 0.29) is 6.09 Å². The van der Waals surface area contributed by atoms with Crippen LogP contribution < -0.4 is 5.32 Å². The van der Waals surface area contributed by atoms with Gasteiger partial charge in [0.2, 0.25) is 0 Å². The first-order valence-corrected chi connectivity index (χ1v) is 20.5. The quantitative estimate of drug-likeness (QED) is 0.0509. The lowest BCUT2D eigenvalue weighted by molar-refractivity contribution is -0.928. The fourth-order valence-corrected chi connectivity index (χ4v) is 8.85. The van der Waals surface area contributed by atoms with Gasteiger partial charge in [0.1, 0.15) is 13.2 Å². The molecule has 0 aromatic carbocycles. The van der Waals surface area contributed by atoms with Gasteiger partial charge in [-0.05, 0) is 44.9 Å². The van der Waals surface area contributed by atoms with Crippen LogP contribution in [0.15, 0.2) is 0 Å². The molecule has 284 valence electrons. The van der Waals surface area contributed by atoms with Gasteiger partial charge in [0.15, 0.2) is 20.0 Å². The minimum Gasteiger partial charge on any atom is -0.444 e. The van der Waals surface area contributed by atoms with Gasteiger partial charge in [-0.2, -0.15) is 26.3 Å². The van der Waals surface area contributed by atoms with Gasteiger partial charge in [-0.3, -0.25) is 0 Å². The van der Waals surface area contributed by atoms with Crippen LogP contribution in [-0.4, -0.2) is 106 Å². The molecule has 0 saturated carbocycles. The number of amides is 1. The number of rotatable bonds is 24. The molecule has 0 aliphatic rings. The van der Waals surface area contributed by atoms with Crippen molar-refractivity contribution in [3.05, 3.63) is 4.13 Å². The Balaban J connectivity index is 0. The smallest absolute Gasteiger partial charge is 0.444 e. The number of quaternary nitrogens is 1. The van der Waals surface area contributed by atoms with Crippen LogP contribution in [0.5, 0.6) is 0 Å². The molecule has 0 heterocycles. The number of hydrogen-bond donors (Lipinski definition) is 1. The van der Waals surface area contributed by atoms with E-state index in [1.165, 1.54) is 0 Å². The Hall–Kier alpha value is -1.23. The van der Waals surface area contributed by atoms with Crippen LogP contribution in [0.4, 0.5) is 31.1 Å². The topological polar surface area (TPSA) is 148 Å². The number of carbonyl (C=O) groups excluding carboxylic acids is 1. The van der Waals surface area contributed by atoms with Gasteiger partial charge < -0.3 is 31.9 Å². The zero-order chi connectivity index (χ0) is 36.8. The summed E-state index contributed by atoms with van der Waals surface area (Å²) in [5.41, 5.74) is -12.4. The van der Waals surface area contributed by atoms with E-state index in [2.05, 4.69) is 46.9 Å². The normalized spacial score (nSPS) is 13.2. The van der Waals surface area contributed by atoms with Crippen molar-refractivity contribution in [2.75, 3.05) is 59.2 Å². The van der Waals surface area contributed by atoms with E-state index in [9.17, 15) is 48.0 Å². The Labute approximate surface area is 277 Å². The van der Waals surface area contributed by atoms with Crippen LogP contribution in [0.1, 0.15) is 86.5 Å². The van der Waals surface area contributed by atoms with Crippen molar-refractivity contribution < 1.29 is 70.5 Å². The molecule has 0 aromatic heterocycles. The van der Waals surface area contributed by atoms with Crippen LogP contribution in [-0.2, 0) is 38.1 Å². The Morgan fingerprint density at radius 1 is 0.660 bits per heavy atom. The molecule has 0 fully saturated rings. The molecule has 12 nitrogen and oxygen atoms in total. The van der Waals surface area contributed by atoms with Gasteiger partial charge in [0.05, 0.1) is 19.6 Å². The maximum atomic E-state index is 12.2. The molecule has 0 rings (SSSR count). The molecular weight excluding hydrogens is 705 g/mol. The monoisotopic (exact) mass is 757 g/mol. The van der Waals surface area contributed by atoms with E-state index in [4.69, 9.17) is 18.0 Å². The standard InChI is InChI=1S/C24H52N2O5Si.C2F6NO4S2/c1-7-15-26(16-8-2,17-9-3)18-22-28-24(27)25-14-13-23-32(29-19-10-4,30-20-11-5)31-21-12-6;3-1(4,5)14(10,11)9-15(12,13)2(6,7)8/h7-23H2,1-6H3;/q;-1/p+1. The Kier molecular flexibility index (Phi) is 23.7. The lowest BCUT2D eigenvalue weighted by Gasteiger charge is -2.38. The Bertz CT molecular complexity index is 987. The summed E-state index contributed by atoms with van der Waals surface area (Å²) in [5.74, 6) is 0. The minimum absolute atomic E-state index is 0.335. The van der Waals surface area contributed by atoms with E-state index < -0.39 is 39.9 Å². The first-order chi connectivity index (χ1) is 21.7. The zero-order valence-corrected chi connectivity index (χ0v) is 30.8. The van der Waals surface area contributed by atoms with Crippen LogP contribution >= 0.6 is 0 Å². The largest absolute Gasteiger partial charge is 0.501 e. The molecule has 0 aliphatic heterocycles. The second-order valence-corrected chi connectivity index (χ2v) is 16.7. The number of nitrogens with zero attached hydrogens (tertiary/aromatic N) is 2. The highest BCUT2D eigenvalue weighted by molar-refractivity contribution is 8.13. The average molecular weight is 758 g/mol. The van der Waals surface area contributed by atoms with Crippen LogP contribution in [0.25, 0.3) is 4.13 Å². The molecule has 0 atom stereocenters. The second-order valence-electron chi connectivity index (χ2n) is 10.5. The zero-order valence-electron chi connectivity index (χ0n) is 28.2. The third kappa shape index (κ3) is 19.5. The van der Waals surface area contributed by atoms with Gasteiger partial charge in [-0.15, -0.1) is 0 Å². The first-order valence-electron chi connectivity index (χ1n) is 15.7. The molecule has 47 heavy (non-hydrogen) atoms. The number of carbonyl (C=O) groups is 1. The second kappa shape index (κ2) is 23.2. The molecule has 0 radical (unpaired) electrons. The molecule has 0 spiro atoms. The number of ether oxygens (including phenoxy) is 1. The summed E-state index contributed by atoms with van der Waals surface area (Å²) in [7, 11) is -16.1. The van der Waals surface area contributed by atoms with Gasteiger partial charge in [0, 0.05) is 32.4 Å². The lowest BCUT2D eigenvalue weighted by atomic mass is 10.2. The van der Waals surface area contributed by atoms with Gasteiger partial charge >= 0.3 is 25.9 Å². The number of nitrogens with one attached hydrogen (secondary N) is 1. The Morgan fingerprint density at radius 2 is 1.04 bits per heavy atom. The number of hydrogen-bond acceptors (Lipinski definition) is 9. The maximum absolute atomic E-state index is 12.2. The predicted molar refractivity (Wildman–Crippen MR) is 167 cm³/mol. The van der Waals surface area contributed by atoms with Crippen LogP contribution in [0, 0.1) is 0 Å². The van der Waals surface area contributed by atoms with E-state index in [1.54, 1.807) is 0 Å². The highest BCUT2D eigenvalue weighted by atomic mass is 32.3. The average Bonchev–Trinajstić information content (AvgIpc) is 2.95. The third-order valence-electron chi connectivity index (χ3n) is 6.18. The molecule has 0 saturated heterocycles. The summed E-state index contributed by atoms with van der Waals surface area (Å²) < 4.78 is 134. The SMILES string of the molecule is CCCO[Si](CCCNC(=O)OCC[N+](CCC)(CCC)CCC)(OCCC)OCCC.O=S(=O)([N-]S(=O)(=O)C(F)(F)F)C(F)(F)F. The van der Waals surface area contributed by atoms with Crippen molar-refractivity contribution in [2.45, 2.75) is 104 Å². The highest BCUT2D eigenvalue weighted by Crippen LogP contribution is 2.36. The van der Waals surface area contributed by atoms with E-state index >= 15 is 0 Å². The third-order valence-corrected chi connectivity index (χ3v) is 11.8. The molecule has 0 aromatic rings. The van der Waals surface area contributed by atoms with Gasteiger partial charge in [0.25, 0.3) is 0 Å². The summed E-state index contributed by atoms with van der Waals surface area (Å²) in [6.07, 6.45) is 6.65. The van der Waals surface area contributed by atoms with Crippen molar-refractivity contribution in [3.63, 3.8) is 0 Å². The van der Waals surface area contributed by atoms with Crippen LogP contribution in [0.2, 0.25) is 6.04 Å². The molecule has 0 unspecified atom stereocenters. The summed E-state index contributed by atoms with van der Waals surface area (Å²) in [5, 5.41) is 2.89. The fraction of sp³-hybridized carbons (Fsp3) is 0.962. The van der Waals surface area contributed by atoms with Crippen molar-refractivity contribution in [1.29, 1.82) is 0 Å². The summed E-state index contributed by atoms with van der Waals surface area (Å²) in [4.78, 5) is 12.2. The Morgan fingerprint density at radius 3 is 1.36 bits per heavy atom. The summed E-state index contributed by atoms with van der Waals surface area (Å²) >= 11 is 0. The molecular formula is C26H53F6N3O9S2Si. The van der Waals surface area contributed by atoms with Gasteiger partial charge in [-0.1, -0.05) is 41.5 Å². The number of sulfonamides is 2. The molecule has 0 aliphatic carbocycles. The number of alkyl carbamates (subject to hydrolysis) is 1. The lowest BCUT2D eigenvalue weighted by Crippen LogP contribution is -2.52. The van der Waals surface area contributed by atoms with Crippen LogP contribution in [0.3, 0.4) is 0 Å². The predicted octanol–water partition coefficient (Wildman–Crippen LogP) is 6.43. The number of alkyl halides is 6. The van der Waals surface area contributed by atoms with E-state index in [0.29, 0.717) is 39.0 Å². The summed E-state index contributed by atoms with van der Waals surface area (Å²) in [6, 6.07) is 0.705. The number of halogens is 6. The summed E-state index contributed by atoms with van der Waals surface area (Å²) in [6.45, 7) is 20.2. The molecule has 21 heteroatoms. The van der Waals surface area contributed by atoms with Gasteiger partial charge in [-0.25, -0.2) is 21.6 Å². The molecule has 1 amide bonds. The van der Waals surface area contributed by atoms with Crippen molar-refractivity contribution >= 4 is 34.9 Å². The van der Waals surface area contributed by atoms with Crippen molar-refractivity contribution in [2.24, 2.45) is 0 Å². The van der Waals surface area contributed by atoms with E-state index in [0.717, 1.165) is 79.7 Å². The van der Waals surface area contributed by atoms with E-state index in [1.807, 2.05) is 0 Å². The van der Waals surface area contributed by atoms with Crippen molar-refractivity contribution in [3.8, 4) is 0 Å². The minimum atomic E-state index is -6.72. The van der Waals surface area contributed by atoms with Crippen molar-refractivity contribution in [1.82, 2.24) is 5.32 Å². The fourth-order valence-electron chi connectivity index (χ4n) is 4.30. The first kappa shape index (κ1) is 47.9. The maximum Gasteiger partial charge on any atom is 0.501 e. The highest BCUT2D eigenvalue weighted by Gasteiger charge is 2.47.